The molecule has 1 heteroatoms. The van der Waals surface area contributed by atoms with Gasteiger partial charge in [0.15, 0.2) is 0 Å². The minimum Gasteiger partial charge on any atom is -0.298 e. The van der Waals surface area contributed by atoms with Crippen molar-refractivity contribution >= 4 is 6.29 Å². The van der Waals surface area contributed by atoms with Gasteiger partial charge in [0.25, 0.3) is 0 Å². The van der Waals surface area contributed by atoms with Crippen molar-refractivity contribution in [3.05, 3.63) is 46.0 Å². The Balaban J connectivity index is 2.30. The van der Waals surface area contributed by atoms with Gasteiger partial charge in [-0.1, -0.05) is 17.9 Å². The van der Waals surface area contributed by atoms with E-state index in [-0.39, 0.29) is 0 Å². The highest BCUT2D eigenvalue weighted by Crippen LogP contribution is 2.22. The Kier molecular flexibility index (Phi) is 3.99. The van der Waals surface area contributed by atoms with Crippen molar-refractivity contribution in [3.63, 3.8) is 0 Å². The van der Waals surface area contributed by atoms with E-state index in [9.17, 15) is 4.79 Å². The first-order valence-corrected chi connectivity index (χ1v) is 6.46. The van der Waals surface area contributed by atoms with Crippen molar-refractivity contribution < 1.29 is 4.79 Å². The van der Waals surface area contributed by atoms with E-state index in [1.165, 1.54) is 11.1 Å². The van der Waals surface area contributed by atoms with E-state index in [1.54, 1.807) is 0 Å². The minimum absolute atomic E-state index is 0.889. The molecule has 0 bridgehead atoms. The second-order valence-corrected chi connectivity index (χ2v) is 4.96. The molecule has 92 valence electrons. The number of carbonyl (C=O) groups excluding carboxylic acids is 1. The Morgan fingerprint density at radius 1 is 1.00 bits per heavy atom. The van der Waals surface area contributed by atoms with Crippen molar-refractivity contribution in [1.82, 2.24) is 0 Å². The van der Waals surface area contributed by atoms with Crippen LogP contribution in [0.25, 0.3) is 0 Å². The van der Waals surface area contributed by atoms with Gasteiger partial charge in [-0.3, -0.25) is 4.79 Å². The van der Waals surface area contributed by atoms with E-state index in [1.807, 2.05) is 0 Å². The summed E-state index contributed by atoms with van der Waals surface area (Å²) < 4.78 is 0. The number of benzene rings is 1. The van der Waals surface area contributed by atoms with Crippen LogP contribution in [0.15, 0.2) is 29.3 Å². The van der Waals surface area contributed by atoms with Crippen LogP contribution in [0.5, 0.6) is 0 Å². The lowest BCUT2D eigenvalue weighted by Crippen LogP contribution is -1.99. The average Bonchev–Trinajstić information content (AvgIpc) is 2.35. The van der Waals surface area contributed by atoms with Crippen molar-refractivity contribution in [1.29, 1.82) is 0 Å². The smallest absolute Gasteiger partial charge is 0.146 e. The normalized spacial score (nSPS) is 15.0. The number of rotatable bonds is 1. The topological polar surface area (TPSA) is 17.1 Å². The molecule has 0 atom stereocenters. The van der Waals surface area contributed by atoms with Crippen LogP contribution >= 0.6 is 0 Å². The summed E-state index contributed by atoms with van der Waals surface area (Å²) in [6, 6.07) is 6.32. The monoisotopic (exact) mass is 238 g/mol. The van der Waals surface area contributed by atoms with E-state index in [0.717, 1.165) is 48.7 Å². The number of aldehydes is 1. The molecule has 1 aliphatic rings. The van der Waals surface area contributed by atoms with Crippen LogP contribution in [-0.2, 0) is 4.79 Å². The summed E-state index contributed by atoms with van der Waals surface area (Å²) in [6.07, 6.45) is 5.08. The summed E-state index contributed by atoms with van der Waals surface area (Å²) >= 11 is 0. The predicted molar refractivity (Wildman–Crippen MR) is 74.4 cm³/mol. The second kappa shape index (κ2) is 5.69. The third-order valence-corrected chi connectivity index (χ3v) is 3.23. The van der Waals surface area contributed by atoms with Crippen LogP contribution in [0.3, 0.4) is 0 Å². The van der Waals surface area contributed by atoms with Crippen LogP contribution in [0.1, 0.15) is 42.4 Å². The van der Waals surface area contributed by atoms with Gasteiger partial charge in [-0.05, 0) is 62.8 Å². The van der Waals surface area contributed by atoms with Crippen molar-refractivity contribution in [2.45, 2.75) is 39.5 Å². The van der Waals surface area contributed by atoms with Crippen molar-refractivity contribution in [2.24, 2.45) is 0 Å². The first-order chi connectivity index (χ1) is 8.69. The molecule has 2 rings (SSSR count). The van der Waals surface area contributed by atoms with Gasteiger partial charge in [-0.15, -0.1) is 0 Å². The van der Waals surface area contributed by atoms with Gasteiger partial charge in [0.2, 0.25) is 0 Å². The Labute approximate surface area is 109 Å². The van der Waals surface area contributed by atoms with Gasteiger partial charge in [-0.2, -0.15) is 0 Å². The lowest BCUT2D eigenvalue weighted by Gasteiger charge is -2.11. The third kappa shape index (κ3) is 3.11. The van der Waals surface area contributed by atoms with Crippen LogP contribution < -0.4 is 0 Å². The highest BCUT2D eigenvalue weighted by atomic mass is 16.1. The Bertz CT molecular complexity index is 532. The molecular weight excluding hydrogens is 220 g/mol. The predicted octanol–water partition coefficient (Wildman–Crippen LogP) is 3.72. The number of hydrogen-bond acceptors (Lipinski definition) is 1. The molecule has 0 aliphatic heterocycles. The van der Waals surface area contributed by atoms with Gasteiger partial charge in [0, 0.05) is 16.7 Å². The molecule has 18 heavy (non-hydrogen) atoms. The number of allylic oxidation sites excluding steroid dienone is 2. The molecule has 0 N–H and O–H groups in total. The van der Waals surface area contributed by atoms with Crippen LogP contribution in [0.2, 0.25) is 0 Å². The molecule has 0 spiro atoms. The maximum Gasteiger partial charge on any atom is 0.146 e. The van der Waals surface area contributed by atoms with Crippen LogP contribution in [-0.4, -0.2) is 6.29 Å². The molecule has 0 aromatic heterocycles. The summed E-state index contributed by atoms with van der Waals surface area (Å²) in [5.74, 6) is 6.39. The molecule has 0 unspecified atom stereocenters. The van der Waals surface area contributed by atoms with E-state index in [4.69, 9.17) is 0 Å². The van der Waals surface area contributed by atoms with Gasteiger partial charge in [-0.25, -0.2) is 0 Å². The molecular formula is C17H18O. The average molecular weight is 238 g/mol. The first-order valence-electron chi connectivity index (χ1n) is 6.46. The van der Waals surface area contributed by atoms with Gasteiger partial charge < -0.3 is 0 Å². The highest BCUT2D eigenvalue weighted by molar-refractivity contribution is 5.76. The molecule has 1 nitrogen and oxygen atoms in total. The maximum atomic E-state index is 11.0. The van der Waals surface area contributed by atoms with E-state index in [2.05, 4.69) is 43.9 Å². The number of aryl methyl sites for hydroxylation is 2. The second-order valence-electron chi connectivity index (χ2n) is 4.96. The van der Waals surface area contributed by atoms with Gasteiger partial charge >= 0.3 is 0 Å². The van der Waals surface area contributed by atoms with Crippen LogP contribution in [0, 0.1) is 25.7 Å². The van der Waals surface area contributed by atoms with E-state index < -0.39 is 0 Å². The molecule has 0 heterocycles. The molecule has 0 saturated carbocycles. The summed E-state index contributed by atoms with van der Waals surface area (Å²) in [5.41, 5.74) is 5.43. The Morgan fingerprint density at radius 2 is 1.67 bits per heavy atom. The fourth-order valence-corrected chi connectivity index (χ4v) is 2.40. The summed E-state index contributed by atoms with van der Waals surface area (Å²) in [7, 11) is 0. The molecule has 1 aromatic rings. The third-order valence-electron chi connectivity index (χ3n) is 3.23. The van der Waals surface area contributed by atoms with Crippen LogP contribution in [0.4, 0.5) is 0 Å². The van der Waals surface area contributed by atoms with Gasteiger partial charge in [0.05, 0.1) is 0 Å². The minimum atomic E-state index is 0.889. The van der Waals surface area contributed by atoms with E-state index >= 15 is 0 Å². The van der Waals surface area contributed by atoms with Crippen molar-refractivity contribution in [2.75, 3.05) is 0 Å². The zero-order valence-corrected chi connectivity index (χ0v) is 11.0. The standard InChI is InChI=1S/C17H18O/c1-13-9-14(2)11-15(10-13)7-8-16-5-3-4-6-17(16)12-18/h9-12H,3-6H2,1-2H3. The fraction of sp³-hybridized carbons (Fsp3) is 0.353. The molecule has 0 fully saturated rings. The lowest BCUT2D eigenvalue weighted by atomic mass is 9.92. The molecule has 0 radical (unpaired) electrons. The SMILES string of the molecule is Cc1cc(C)cc(C#CC2=C(C=O)CCCC2)c1. The molecule has 0 amide bonds. The van der Waals surface area contributed by atoms with Gasteiger partial charge in [0.1, 0.15) is 6.29 Å². The summed E-state index contributed by atoms with van der Waals surface area (Å²) in [5, 5.41) is 0. The van der Waals surface area contributed by atoms with Crippen molar-refractivity contribution in [3.8, 4) is 11.8 Å². The number of carbonyl (C=O) groups is 1. The largest absolute Gasteiger partial charge is 0.298 e. The molecule has 0 saturated heterocycles. The zero-order chi connectivity index (χ0) is 13.0. The van der Waals surface area contributed by atoms with E-state index in [0.29, 0.717) is 0 Å². The number of hydrogen-bond donors (Lipinski definition) is 0. The zero-order valence-electron chi connectivity index (χ0n) is 11.0. The Morgan fingerprint density at radius 3 is 2.33 bits per heavy atom. The molecule has 1 aromatic carbocycles. The first kappa shape index (κ1) is 12.6. The summed E-state index contributed by atoms with van der Waals surface area (Å²) in [4.78, 5) is 11.0. The lowest BCUT2D eigenvalue weighted by molar-refractivity contribution is -0.105. The molecule has 1 aliphatic carbocycles. The quantitative estimate of drug-likeness (QED) is 0.538. The maximum absolute atomic E-state index is 11.0. The highest BCUT2D eigenvalue weighted by Gasteiger charge is 2.09. The fourth-order valence-electron chi connectivity index (χ4n) is 2.40. The summed E-state index contributed by atoms with van der Waals surface area (Å²) in [6.45, 7) is 4.16. The Hall–Kier alpha value is -1.81.